The highest BCUT2D eigenvalue weighted by molar-refractivity contribution is 8.13. The number of aryl methyl sites for hydroxylation is 1. The topological polar surface area (TPSA) is 83.1 Å². The number of carbonyl (C=O) groups excluding carboxylic acids is 1. The fraction of sp³-hybridized carbons (Fsp3) is 0.636. The van der Waals surface area contributed by atoms with Gasteiger partial charge in [0.05, 0.1) is 5.69 Å². The molecule has 108 valence electrons. The van der Waals surface area contributed by atoms with Gasteiger partial charge in [0.15, 0.2) is 5.69 Å². The first-order valence-electron chi connectivity index (χ1n) is 5.80. The molecule has 0 saturated carbocycles. The maximum atomic E-state index is 12.4. The second-order valence-electron chi connectivity index (χ2n) is 4.99. The van der Waals surface area contributed by atoms with E-state index >= 15 is 0 Å². The van der Waals surface area contributed by atoms with E-state index in [0.717, 1.165) is 6.42 Å². The van der Waals surface area contributed by atoms with Crippen molar-refractivity contribution in [1.29, 1.82) is 0 Å². The molecule has 1 rings (SSSR count). The van der Waals surface area contributed by atoms with Crippen molar-refractivity contribution in [2.75, 3.05) is 7.05 Å². The van der Waals surface area contributed by atoms with Crippen LogP contribution in [0.3, 0.4) is 0 Å². The average molecular weight is 308 g/mol. The molecule has 0 spiro atoms. The van der Waals surface area contributed by atoms with Gasteiger partial charge in [-0.25, -0.2) is 8.42 Å². The highest BCUT2D eigenvalue weighted by Crippen LogP contribution is 2.25. The molecule has 0 aliphatic carbocycles. The smallest absolute Gasteiger partial charge is 0.275 e. The summed E-state index contributed by atoms with van der Waals surface area (Å²) in [6, 6.07) is 0. The van der Waals surface area contributed by atoms with Crippen LogP contribution in [0.1, 0.15) is 43.4 Å². The van der Waals surface area contributed by atoms with E-state index in [1.54, 1.807) is 7.05 Å². The fourth-order valence-electron chi connectivity index (χ4n) is 1.53. The van der Waals surface area contributed by atoms with E-state index in [-0.39, 0.29) is 16.3 Å². The Morgan fingerprint density at radius 2 is 2.00 bits per heavy atom. The first-order valence-corrected chi connectivity index (χ1v) is 8.11. The lowest BCUT2D eigenvalue weighted by atomic mass is 9.99. The summed E-state index contributed by atoms with van der Waals surface area (Å²) in [6.07, 6.45) is 0.724. The van der Waals surface area contributed by atoms with Crippen molar-refractivity contribution in [3.63, 3.8) is 0 Å². The number of hydrogen-bond acceptors (Lipinski definition) is 4. The van der Waals surface area contributed by atoms with Crippen LogP contribution in [0.25, 0.3) is 0 Å². The molecular formula is C11H18ClN3O3S. The van der Waals surface area contributed by atoms with Crippen LogP contribution in [0.2, 0.25) is 0 Å². The molecule has 0 aliphatic heterocycles. The molecule has 19 heavy (non-hydrogen) atoms. The Morgan fingerprint density at radius 3 is 2.42 bits per heavy atom. The summed E-state index contributed by atoms with van der Waals surface area (Å²) in [5.41, 5.74) is -0.324. The van der Waals surface area contributed by atoms with Gasteiger partial charge >= 0.3 is 0 Å². The van der Waals surface area contributed by atoms with E-state index in [9.17, 15) is 13.2 Å². The van der Waals surface area contributed by atoms with E-state index in [1.165, 1.54) is 11.8 Å². The molecule has 1 amide bonds. The molecule has 0 aromatic carbocycles. The molecule has 6 nitrogen and oxygen atoms in total. The minimum Gasteiger partial charge on any atom is -0.335 e. The lowest BCUT2D eigenvalue weighted by Gasteiger charge is -2.34. The van der Waals surface area contributed by atoms with Crippen LogP contribution in [0.5, 0.6) is 0 Å². The molecule has 0 fully saturated rings. The van der Waals surface area contributed by atoms with Gasteiger partial charge in [-0.05, 0) is 27.2 Å². The third kappa shape index (κ3) is 3.09. The molecule has 0 radical (unpaired) electrons. The Kier molecular flexibility index (Phi) is 4.31. The molecule has 1 aromatic rings. The lowest BCUT2D eigenvalue weighted by Crippen LogP contribution is -2.44. The second-order valence-corrected chi connectivity index (χ2v) is 7.50. The van der Waals surface area contributed by atoms with E-state index in [4.69, 9.17) is 10.7 Å². The number of carbonyl (C=O) groups is 1. The summed E-state index contributed by atoms with van der Waals surface area (Å²) >= 11 is 0. The first-order chi connectivity index (χ1) is 8.52. The van der Waals surface area contributed by atoms with Crippen LogP contribution in [-0.2, 0) is 9.05 Å². The van der Waals surface area contributed by atoms with Gasteiger partial charge in [0.25, 0.3) is 15.0 Å². The minimum absolute atomic E-state index is 0.170. The molecule has 0 unspecified atom stereocenters. The molecule has 0 saturated heterocycles. The highest BCUT2D eigenvalue weighted by atomic mass is 35.7. The summed E-state index contributed by atoms with van der Waals surface area (Å²) in [5, 5.41) is 6.26. The lowest BCUT2D eigenvalue weighted by molar-refractivity contribution is 0.0610. The van der Waals surface area contributed by atoms with Gasteiger partial charge in [0, 0.05) is 23.3 Å². The summed E-state index contributed by atoms with van der Waals surface area (Å²) in [4.78, 5) is 13.6. The van der Waals surface area contributed by atoms with Gasteiger partial charge in [-0.1, -0.05) is 6.92 Å². The number of nitrogens with zero attached hydrogens (tertiary/aromatic N) is 2. The zero-order valence-corrected chi connectivity index (χ0v) is 13.2. The van der Waals surface area contributed by atoms with Gasteiger partial charge in [-0.3, -0.25) is 9.89 Å². The Hall–Kier alpha value is -1.08. The maximum Gasteiger partial charge on any atom is 0.275 e. The van der Waals surface area contributed by atoms with Crippen molar-refractivity contribution in [1.82, 2.24) is 15.1 Å². The number of nitrogens with one attached hydrogen (secondary N) is 1. The van der Waals surface area contributed by atoms with Gasteiger partial charge in [-0.15, -0.1) is 0 Å². The Morgan fingerprint density at radius 1 is 1.47 bits per heavy atom. The highest BCUT2D eigenvalue weighted by Gasteiger charge is 2.33. The molecule has 0 atom stereocenters. The summed E-state index contributed by atoms with van der Waals surface area (Å²) in [7, 11) is 2.94. The van der Waals surface area contributed by atoms with Crippen molar-refractivity contribution in [3.05, 3.63) is 11.4 Å². The number of aromatic amines is 1. The van der Waals surface area contributed by atoms with Gasteiger partial charge in [0.2, 0.25) is 0 Å². The monoisotopic (exact) mass is 307 g/mol. The Labute approximate surface area is 117 Å². The molecule has 1 N–H and O–H groups in total. The van der Waals surface area contributed by atoms with E-state index in [2.05, 4.69) is 10.2 Å². The second kappa shape index (κ2) is 5.13. The first kappa shape index (κ1) is 16.0. The third-order valence-corrected chi connectivity index (χ3v) is 4.87. The van der Waals surface area contributed by atoms with E-state index in [0.29, 0.717) is 0 Å². The molecule has 1 heterocycles. The molecule has 8 heteroatoms. The van der Waals surface area contributed by atoms with Crippen molar-refractivity contribution in [2.24, 2.45) is 0 Å². The van der Waals surface area contributed by atoms with Crippen LogP contribution >= 0.6 is 10.7 Å². The average Bonchev–Trinajstić information content (AvgIpc) is 2.68. The number of halogens is 1. The van der Waals surface area contributed by atoms with Crippen molar-refractivity contribution in [3.8, 4) is 0 Å². The van der Waals surface area contributed by atoms with Gasteiger partial charge in [-0.2, -0.15) is 5.10 Å². The predicted octanol–water partition coefficient (Wildman–Crippen LogP) is 1.91. The van der Waals surface area contributed by atoms with Crippen LogP contribution in [-0.4, -0.2) is 42.0 Å². The van der Waals surface area contributed by atoms with E-state index < -0.39 is 20.5 Å². The van der Waals surface area contributed by atoms with Crippen LogP contribution in [0.4, 0.5) is 0 Å². The van der Waals surface area contributed by atoms with Crippen LogP contribution in [0, 0.1) is 6.92 Å². The normalized spacial score (nSPS) is 12.5. The third-order valence-electron chi connectivity index (χ3n) is 3.42. The Balaban J connectivity index is 3.30. The van der Waals surface area contributed by atoms with Gasteiger partial charge in [0.1, 0.15) is 4.90 Å². The van der Waals surface area contributed by atoms with Gasteiger partial charge < -0.3 is 4.90 Å². The van der Waals surface area contributed by atoms with Crippen LogP contribution < -0.4 is 0 Å². The number of rotatable bonds is 4. The quantitative estimate of drug-likeness (QED) is 0.861. The Bertz CT molecular complexity index is 592. The van der Waals surface area contributed by atoms with E-state index in [1.807, 2.05) is 20.8 Å². The SMILES string of the molecule is CCC(C)(C)N(C)C(=O)c1n[nH]c(C)c1S(=O)(=O)Cl. The number of aromatic nitrogens is 2. The molecule has 0 aliphatic rings. The van der Waals surface area contributed by atoms with Crippen molar-refractivity contribution in [2.45, 2.75) is 44.6 Å². The predicted molar refractivity (Wildman–Crippen MR) is 72.8 cm³/mol. The van der Waals surface area contributed by atoms with Crippen molar-refractivity contribution >= 4 is 25.6 Å². The number of H-pyrrole nitrogens is 1. The zero-order chi connectivity index (χ0) is 15.0. The minimum atomic E-state index is -4.02. The number of amides is 1. The molecular weight excluding hydrogens is 290 g/mol. The van der Waals surface area contributed by atoms with Crippen LogP contribution in [0.15, 0.2) is 4.90 Å². The molecule has 0 bridgehead atoms. The summed E-state index contributed by atoms with van der Waals surface area (Å²) in [5.74, 6) is -0.476. The summed E-state index contributed by atoms with van der Waals surface area (Å²) in [6.45, 7) is 7.22. The maximum absolute atomic E-state index is 12.4. The summed E-state index contributed by atoms with van der Waals surface area (Å²) < 4.78 is 23.0. The van der Waals surface area contributed by atoms with Crippen molar-refractivity contribution < 1.29 is 13.2 Å². The largest absolute Gasteiger partial charge is 0.335 e. The standard InChI is InChI=1S/C11H18ClN3O3S/c1-6-11(3,4)15(5)10(16)8-9(19(12,17)18)7(2)13-14-8/h6H2,1-5H3,(H,13,14). The number of hydrogen-bond donors (Lipinski definition) is 1. The fourth-order valence-corrected chi connectivity index (χ4v) is 2.87. The zero-order valence-electron chi connectivity index (χ0n) is 11.6. The molecule has 1 aromatic heterocycles.